The third-order valence-electron chi connectivity index (χ3n) is 7.20. The Bertz CT molecular complexity index is 1760. The van der Waals surface area contributed by atoms with Crippen LogP contribution in [0.25, 0.3) is 32.6 Å². The number of nitrogens with two attached hydrogens (primary N) is 1. The Kier molecular flexibility index (Phi) is 5.88. The quantitative estimate of drug-likeness (QED) is 0.0853. The maximum absolute atomic E-state index is 13.5. The first-order valence-electron chi connectivity index (χ1n) is 12.8. The number of phenols is 1. The minimum Gasteiger partial charge on any atom is -0.505 e. The molecule has 0 aliphatic heterocycles. The Hall–Kier alpha value is -4.91. The van der Waals surface area contributed by atoms with Crippen LogP contribution in [0.5, 0.6) is 5.75 Å². The van der Waals surface area contributed by atoms with Crippen molar-refractivity contribution in [2.45, 2.75) is 26.2 Å². The molecule has 0 saturated carbocycles. The van der Waals surface area contributed by atoms with Gasteiger partial charge < -0.3 is 26.6 Å². The van der Waals surface area contributed by atoms with Crippen molar-refractivity contribution in [2.75, 3.05) is 16.6 Å². The van der Waals surface area contributed by atoms with Crippen LogP contribution in [0, 0.1) is 0 Å². The van der Waals surface area contributed by atoms with E-state index in [0.29, 0.717) is 11.4 Å². The van der Waals surface area contributed by atoms with Gasteiger partial charge in [-0.25, -0.2) is 0 Å². The van der Waals surface area contributed by atoms with Crippen molar-refractivity contribution in [3.63, 3.8) is 0 Å². The number of carbonyl (C=O) groups excluding carboxylic acids is 1. The fourth-order valence-electron chi connectivity index (χ4n) is 5.20. The van der Waals surface area contributed by atoms with Crippen molar-refractivity contribution in [3.8, 4) is 5.75 Å². The van der Waals surface area contributed by atoms with E-state index in [2.05, 4.69) is 40.2 Å². The molecule has 0 atom stereocenters. The molecule has 1 heterocycles. The van der Waals surface area contributed by atoms with Gasteiger partial charge >= 0.3 is 0 Å². The van der Waals surface area contributed by atoms with Crippen LogP contribution in [0.1, 0.15) is 36.5 Å². The summed E-state index contributed by atoms with van der Waals surface area (Å²) in [6.07, 6.45) is 6.76. The molecule has 38 heavy (non-hydrogen) atoms. The lowest BCUT2D eigenvalue weighted by atomic mass is 9.98. The van der Waals surface area contributed by atoms with Crippen LogP contribution < -0.4 is 21.9 Å². The monoisotopic (exact) mass is 503 g/mol. The lowest BCUT2D eigenvalue weighted by Crippen LogP contribution is -2.24. The number of phenolic OH excluding ortho intramolecular Hbond substituents is 1. The van der Waals surface area contributed by atoms with Crippen LogP contribution in [-0.4, -0.2) is 16.0 Å². The first-order chi connectivity index (χ1) is 18.5. The summed E-state index contributed by atoms with van der Waals surface area (Å²) in [5.41, 5.74) is 18.1. The molecule has 6 rings (SSSR count). The molecule has 1 aliphatic rings. The van der Waals surface area contributed by atoms with Crippen LogP contribution >= 0.6 is 0 Å². The number of aromatic amines is 1. The summed E-state index contributed by atoms with van der Waals surface area (Å²) in [5.74, 6) is -0.494. The van der Waals surface area contributed by atoms with E-state index in [1.54, 1.807) is 18.2 Å². The van der Waals surface area contributed by atoms with Gasteiger partial charge in [-0.15, -0.1) is 0 Å². The highest BCUT2D eigenvalue weighted by molar-refractivity contribution is 6.22. The predicted molar refractivity (Wildman–Crippen MR) is 156 cm³/mol. The standard InChI is InChI=1S/C31H29N5O2/c1-2-18-7-3-5-9-25(18)34-31(38)24-17-19-11-16-23-22-8-4-6-10-26(22)33-28(23)27(19)29(30(24)37)36-35-21-14-12-20(32)13-15-21/h4-6,8-17,33,35-37H,2-3,7,32H2,1H3,(H,34,38). The molecule has 0 spiro atoms. The molecule has 190 valence electrons. The summed E-state index contributed by atoms with van der Waals surface area (Å²) >= 11 is 0. The number of aromatic hydroxyl groups is 1. The lowest BCUT2D eigenvalue weighted by molar-refractivity contribution is 0.0964. The summed E-state index contributed by atoms with van der Waals surface area (Å²) in [5, 5.41) is 18.3. The molecular weight excluding hydrogens is 474 g/mol. The van der Waals surface area contributed by atoms with Gasteiger partial charge in [0.2, 0.25) is 0 Å². The highest BCUT2D eigenvalue weighted by Gasteiger charge is 2.22. The van der Waals surface area contributed by atoms with E-state index in [-0.39, 0.29) is 17.2 Å². The number of amides is 1. The molecule has 0 unspecified atom stereocenters. The van der Waals surface area contributed by atoms with E-state index >= 15 is 0 Å². The van der Waals surface area contributed by atoms with E-state index in [1.165, 1.54) is 5.57 Å². The summed E-state index contributed by atoms with van der Waals surface area (Å²) in [4.78, 5) is 17.0. The van der Waals surface area contributed by atoms with Gasteiger partial charge in [0.25, 0.3) is 5.91 Å². The van der Waals surface area contributed by atoms with Gasteiger partial charge in [0, 0.05) is 33.1 Å². The number of aromatic nitrogens is 1. The fourth-order valence-corrected chi connectivity index (χ4v) is 5.20. The maximum Gasteiger partial charge on any atom is 0.259 e. The number of H-pyrrole nitrogens is 1. The number of nitrogens with one attached hydrogen (secondary N) is 4. The number of para-hydroxylation sites is 1. The van der Waals surface area contributed by atoms with Gasteiger partial charge in [-0.1, -0.05) is 43.3 Å². The second kappa shape index (κ2) is 9.52. The number of benzene rings is 4. The number of carbonyl (C=O) groups is 1. The molecule has 0 bridgehead atoms. The van der Waals surface area contributed by atoms with E-state index in [1.807, 2.05) is 48.5 Å². The molecule has 7 nitrogen and oxygen atoms in total. The highest BCUT2D eigenvalue weighted by Crippen LogP contribution is 2.41. The number of hydrazine groups is 1. The third-order valence-corrected chi connectivity index (χ3v) is 7.20. The average molecular weight is 504 g/mol. The molecule has 4 aromatic carbocycles. The van der Waals surface area contributed by atoms with E-state index in [4.69, 9.17) is 5.73 Å². The second-order valence-corrected chi connectivity index (χ2v) is 9.54. The van der Waals surface area contributed by atoms with Gasteiger partial charge in [-0.05, 0) is 72.7 Å². The maximum atomic E-state index is 13.5. The molecule has 1 aromatic heterocycles. The van der Waals surface area contributed by atoms with Gasteiger partial charge in [-0.3, -0.25) is 10.2 Å². The van der Waals surface area contributed by atoms with Crippen LogP contribution in [0.2, 0.25) is 0 Å². The van der Waals surface area contributed by atoms with Crippen molar-refractivity contribution in [1.82, 2.24) is 10.3 Å². The largest absolute Gasteiger partial charge is 0.505 e. The van der Waals surface area contributed by atoms with Crippen molar-refractivity contribution < 1.29 is 9.90 Å². The van der Waals surface area contributed by atoms with Crippen molar-refractivity contribution in [2.24, 2.45) is 0 Å². The number of anilines is 3. The first-order valence-corrected chi connectivity index (χ1v) is 12.8. The van der Waals surface area contributed by atoms with Crippen molar-refractivity contribution in [3.05, 3.63) is 95.7 Å². The Morgan fingerprint density at radius 3 is 2.66 bits per heavy atom. The Labute approximate surface area is 220 Å². The van der Waals surface area contributed by atoms with Crippen molar-refractivity contribution in [1.29, 1.82) is 0 Å². The molecule has 1 aliphatic carbocycles. The first kappa shape index (κ1) is 23.5. The highest BCUT2D eigenvalue weighted by atomic mass is 16.3. The zero-order valence-corrected chi connectivity index (χ0v) is 21.1. The number of hydrogen-bond acceptors (Lipinski definition) is 5. The van der Waals surface area contributed by atoms with Crippen LogP contribution in [0.15, 0.2) is 90.2 Å². The molecular formula is C31H29N5O2. The van der Waals surface area contributed by atoms with Gasteiger partial charge in [0.05, 0.1) is 16.8 Å². The van der Waals surface area contributed by atoms with Gasteiger partial charge in [-0.2, -0.15) is 0 Å². The molecule has 1 amide bonds. The summed E-state index contributed by atoms with van der Waals surface area (Å²) < 4.78 is 0. The third kappa shape index (κ3) is 4.08. The fraction of sp³-hybridized carbons (Fsp3) is 0.129. The number of allylic oxidation sites excluding steroid dienone is 3. The summed E-state index contributed by atoms with van der Waals surface area (Å²) in [6.45, 7) is 2.09. The zero-order valence-electron chi connectivity index (χ0n) is 21.1. The molecule has 0 radical (unpaired) electrons. The number of hydrogen-bond donors (Lipinski definition) is 6. The number of rotatable bonds is 6. The minimum atomic E-state index is -0.357. The van der Waals surface area contributed by atoms with E-state index in [9.17, 15) is 9.90 Å². The Morgan fingerprint density at radius 2 is 1.84 bits per heavy atom. The van der Waals surface area contributed by atoms with E-state index in [0.717, 1.165) is 63.2 Å². The number of nitrogen functional groups attached to an aromatic ring is 1. The summed E-state index contributed by atoms with van der Waals surface area (Å²) in [7, 11) is 0. The van der Waals surface area contributed by atoms with E-state index < -0.39 is 0 Å². The zero-order chi connectivity index (χ0) is 26.2. The van der Waals surface area contributed by atoms with Crippen LogP contribution in [0.3, 0.4) is 0 Å². The van der Waals surface area contributed by atoms with Crippen LogP contribution in [-0.2, 0) is 0 Å². The minimum absolute atomic E-state index is 0.137. The molecule has 0 fully saturated rings. The number of fused-ring (bicyclic) bond motifs is 5. The molecule has 5 aromatic rings. The smallest absolute Gasteiger partial charge is 0.259 e. The molecule has 7 N–H and O–H groups in total. The molecule has 7 heteroatoms. The Balaban J connectivity index is 1.51. The SMILES string of the molecule is CCC1=C(NC(=O)c2cc3ccc4c5ccccc5[nH]c4c3c(NNc3ccc(N)cc3)c2O)C=CCC1. The van der Waals surface area contributed by atoms with Crippen LogP contribution in [0.4, 0.5) is 17.1 Å². The van der Waals surface area contributed by atoms with Gasteiger partial charge in [0.1, 0.15) is 5.69 Å². The Morgan fingerprint density at radius 1 is 1.03 bits per heavy atom. The van der Waals surface area contributed by atoms with Gasteiger partial charge in [0.15, 0.2) is 5.75 Å². The summed E-state index contributed by atoms with van der Waals surface area (Å²) in [6, 6.07) is 21.1. The topological polar surface area (TPSA) is 115 Å². The van der Waals surface area contributed by atoms with Crippen molar-refractivity contribution >= 4 is 55.5 Å². The average Bonchev–Trinajstić information content (AvgIpc) is 3.32. The molecule has 0 saturated heterocycles. The predicted octanol–water partition coefficient (Wildman–Crippen LogP) is 6.95. The second-order valence-electron chi connectivity index (χ2n) is 9.54. The normalized spacial score (nSPS) is 13.4. The lowest BCUT2D eigenvalue weighted by Gasteiger charge is -2.19.